The van der Waals surface area contributed by atoms with Gasteiger partial charge in [-0.15, -0.1) is 0 Å². The lowest BCUT2D eigenvalue weighted by atomic mass is 10.2. The van der Waals surface area contributed by atoms with E-state index in [1.165, 1.54) is 20.7 Å². The first-order valence-electron chi connectivity index (χ1n) is 12.0. The predicted octanol–water partition coefficient (Wildman–Crippen LogP) is 4.88. The number of fused-ring (bicyclic) bond motifs is 3. The number of benzene rings is 4. The van der Waals surface area contributed by atoms with Crippen molar-refractivity contribution in [2.75, 3.05) is 0 Å². The third kappa shape index (κ3) is 3.49. The summed E-state index contributed by atoms with van der Waals surface area (Å²) in [6, 6.07) is 39.5. The molecule has 0 saturated carbocycles. The van der Waals surface area contributed by atoms with Gasteiger partial charge in [0.1, 0.15) is 11.4 Å². The van der Waals surface area contributed by atoms with Crippen LogP contribution in [0.2, 0.25) is 0 Å². The molecule has 2 heterocycles. The molecule has 0 aliphatic heterocycles. The highest BCUT2D eigenvalue weighted by atomic mass is 28.3. The van der Waals surface area contributed by atoms with Gasteiger partial charge in [-0.05, 0) is 26.8 Å². The van der Waals surface area contributed by atoms with Crippen molar-refractivity contribution in [3.63, 3.8) is 0 Å². The Morgan fingerprint density at radius 2 is 1.17 bits per heavy atom. The summed E-state index contributed by atoms with van der Waals surface area (Å²) in [5, 5.41) is 7.38. The molecule has 0 aliphatic carbocycles. The highest BCUT2D eigenvalue weighted by Gasteiger charge is 2.41. The van der Waals surface area contributed by atoms with Crippen LogP contribution in [0.25, 0.3) is 22.1 Å². The topological polar surface area (TPSA) is 38.9 Å². The minimum atomic E-state index is -2.59. The van der Waals surface area contributed by atoms with Crippen LogP contribution >= 0.6 is 0 Å². The highest BCUT2D eigenvalue weighted by Crippen LogP contribution is 2.28. The van der Waals surface area contributed by atoms with Crippen LogP contribution in [-0.4, -0.2) is 18.0 Å². The van der Waals surface area contributed by atoms with E-state index in [0.29, 0.717) is 5.71 Å². The molecular weight excluding hydrogens is 444 g/mol. The van der Waals surface area contributed by atoms with Crippen molar-refractivity contribution in [2.45, 2.75) is 19.8 Å². The second-order valence-corrected chi connectivity index (χ2v) is 13.1. The molecule has 0 fully saturated rings. The average molecular weight is 471 g/mol. The number of rotatable bonds is 5. The van der Waals surface area contributed by atoms with Crippen LogP contribution in [0.4, 0.5) is 0 Å². The van der Waals surface area contributed by atoms with E-state index in [4.69, 9.17) is 9.40 Å². The molecule has 170 valence electrons. The minimum Gasteiger partial charge on any atom is -0.438 e. The lowest BCUT2D eigenvalue weighted by Gasteiger charge is -2.34. The van der Waals surface area contributed by atoms with Crippen molar-refractivity contribution in [1.29, 1.82) is 0 Å². The second kappa shape index (κ2) is 8.64. The summed E-state index contributed by atoms with van der Waals surface area (Å²) in [6.45, 7) is 4.20. The standard InChI is InChI=1S/C31H26N2OSi/c1-22(2)30-32-21-28-27-20-26(18-19-29(27)34-31(28)33-30)35(23-12-6-3-7-13-23,24-14-8-4-9-15-24)25-16-10-5-11-17-25/h3-22H,1-2H3. The molecule has 0 aliphatic rings. The molecule has 0 atom stereocenters. The zero-order valence-electron chi connectivity index (χ0n) is 19.8. The molecule has 35 heavy (non-hydrogen) atoms. The van der Waals surface area contributed by atoms with Crippen LogP contribution < -0.4 is 20.7 Å². The average Bonchev–Trinajstić information content (AvgIpc) is 3.28. The monoisotopic (exact) mass is 470 g/mol. The smallest absolute Gasteiger partial charge is 0.230 e. The van der Waals surface area contributed by atoms with Gasteiger partial charge in [0.25, 0.3) is 0 Å². The predicted molar refractivity (Wildman–Crippen MR) is 147 cm³/mol. The fourth-order valence-corrected chi connectivity index (χ4v) is 9.92. The molecule has 6 aromatic rings. The van der Waals surface area contributed by atoms with Gasteiger partial charge < -0.3 is 4.42 Å². The van der Waals surface area contributed by atoms with Gasteiger partial charge in [-0.25, -0.2) is 4.98 Å². The zero-order chi connectivity index (χ0) is 23.8. The maximum absolute atomic E-state index is 6.19. The van der Waals surface area contributed by atoms with Crippen molar-refractivity contribution >= 4 is 50.9 Å². The van der Waals surface area contributed by atoms with Gasteiger partial charge in [-0.2, -0.15) is 4.98 Å². The molecular formula is C31H26N2OSi. The first-order chi connectivity index (χ1) is 17.2. The van der Waals surface area contributed by atoms with Crippen LogP contribution in [0.15, 0.2) is 120 Å². The molecule has 3 nitrogen and oxygen atoms in total. The first-order valence-corrected chi connectivity index (χ1v) is 14.0. The van der Waals surface area contributed by atoms with Crippen molar-refractivity contribution in [3.8, 4) is 0 Å². The van der Waals surface area contributed by atoms with Crippen LogP contribution in [0.5, 0.6) is 0 Å². The van der Waals surface area contributed by atoms with Gasteiger partial charge >= 0.3 is 0 Å². The van der Waals surface area contributed by atoms with Crippen LogP contribution in [-0.2, 0) is 0 Å². The van der Waals surface area contributed by atoms with Crippen LogP contribution in [0.3, 0.4) is 0 Å². The second-order valence-electron chi connectivity index (χ2n) is 9.26. The van der Waals surface area contributed by atoms with Gasteiger partial charge in [-0.1, -0.05) is 117 Å². The lowest BCUT2D eigenvalue weighted by Crippen LogP contribution is -2.74. The van der Waals surface area contributed by atoms with Crippen molar-refractivity contribution in [2.24, 2.45) is 0 Å². The molecule has 2 aromatic heterocycles. The molecule has 4 heteroatoms. The SMILES string of the molecule is CC(C)c1ncc2c(n1)oc1ccc([Si](c3ccccc3)(c3ccccc3)c3ccccc3)cc12. The summed E-state index contributed by atoms with van der Waals surface area (Å²) >= 11 is 0. The Hall–Kier alpha value is -4.02. The molecule has 0 saturated heterocycles. The zero-order valence-corrected chi connectivity index (χ0v) is 20.8. The van der Waals surface area contributed by atoms with E-state index in [1.54, 1.807) is 0 Å². The van der Waals surface area contributed by atoms with E-state index in [9.17, 15) is 0 Å². The van der Waals surface area contributed by atoms with E-state index in [0.717, 1.165) is 22.2 Å². The van der Waals surface area contributed by atoms with Gasteiger partial charge in [0.15, 0.2) is 8.07 Å². The largest absolute Gasteiger partial charge is 0.438 e. The Labute approximate surface area is 206 Å². The summed E-state index contributed by atoms with van der Waals surface area (Å²) < 4.78 is 6.19. The molecule has 0 spiro atoms. The summed E-state index contributed by atoms with van der Waals surface area (Å²) in [5.74, 6) is 1.05. The molecule has 0 bridgehead atoms. The fraction of sp³-hybridized carbons (Fsp3) is 0.0968. The van der Waals surface area contributed by atoms with Crippen molar-refractivity contribution in [1.82, 2.24) is 9.97 Å². The van der Waals surface area contributed by atoms with Crippen LogP contribution in [0.1, 0.15) is 25.6 Å². The highest BCUT2D eigenvalue weighted by molar-refractivity contribution is 7.20. The number of hydrogen-bond acceptors (Lipinski definition) is 3. The van der Waals surface area contributed by atoms with E-state index in [2.05, 4.69) is 128 Å². The Bertz CT molecular complexity index is 1510. The molecule has 0 N–H and O–H groups in total. The maximum atomic E-state index is 6.19. The third-order valence-electron chi connectivity index (χ3n) is 6.82. The summed E-state index contributed by atoms with van der Waals surface area (Å²) in [5.41, 5.74) is 1.50. The van der Waals surface area contributed by atoms with E-state index < -0.39 is 8.07 Å². The normalized spacial score (nSPS) is 12.0. The Morgan fingerprint density at radius 3 is 1.69 bits per heavy atom. The van der Waals surface area contributed by atoms with Gasteiger partial charge in [0, 0.05) is 17.5 Å². The van der Waals surface area contributed by atoms with Gasteiger partial charge in [-0.3, -0.25) is 0 Å². The fourth-order valence-electron chi connectivity index (χ4n) is 5.15. The summed E-state index contributed by atoms with van der Waals surface area (Å²) in [4.78, 5) is 9.35. The third-order valence-corrected chi connectivity index (χ3v) is 11.6. The first kappa shape index (κ1) is 21.5. The van der Waals surface area contributed by atoms with Crippen molar-refractivity contribution in [3.05, 3.63) is 121 Å². The molecule has 4 aromatic carbocycles. The molecule has 0 radical (unpaired) electrons. The molecule has 6 rings (SSSR count). The maximum Gasteiger partial charge on any atom is 0.230 e. The Balaban J connectivity index is 1.70. The number of aromatic nitrogens is 2. The van der Waals surface area contributed by atoms with Crippen LogP contribution in [0, 0.1) is 0 Å². The van der Waals surface area contributed by atoms with E-state index >= 15 is 0 Å². The summed E-state index contributed by atoms with van der Waals surface area (Å²) in [6.07, 6.45) is 1.92. The van der Waals surface area contributed by atoms with E-state index in [-0.39, 0.29) is 5.92 Å². The van der Waals surface area contributed by atoms with Gasteiger partial charge in [0.2, 0.25) is 5.71 Å². The molecule has 0 amide bonds. The van der Waals surface area contributed by atoms with Gasteiger partial charge in [0.05, 0.1) is 5.39 Å². The van der Waals surface area contributed by atoms with Crippen molar-refractivity contribution < 1.29 is 4.42 Å². The lowest BCUT2D eigenvalue weighted by molar-refractivity contribution is 0.643. The number of hydrogen-bond donors (Lipinski definition) is 0. The number of nitrogens with zero attached hydrogens (tertiary/aromatic N) is 2. The quantitative estimate of drug-likeness (QED) is 0.266. The Morgan fingerprint density at radius 1 is 0.629 bits per heavy atom. The van der Waals surface area contributed by atoms with E-state index in [1.807, 2.05) is 6.20 Å². The minimum absolute atomic E-state index is 0.248. The number of furan rings is 1. The molecule has 0 unspecified atom stereocenters. The summed E-state index contributed by atoms with van der Waals surface area (Å²) in [7, 11) is -2.59. The Kier molecular flexibility index (Phi) is 5.31.